The van der Waals surface area contributed by atoms with Gasteiger partial charge in [-0.25, -0.2) is 0 Å². The predicted octanol–water partition coefficient (Wildman–Crippen LogP) is 2.76. The Hall–Kier alpha value is -2.13. The van der Waals surface area contributed by atoms with Crippen LogP contribution in [-0.2, 0) is 15.2 Å². The maximum absolute atomic E-state index is 13.7. The molecule has 0 spiro atoms. The lowest BCUT2D eigenvalue weighted by Crippen LogP contribution is -2.66. The Labute approximate surface area is 192 Å². The van der Waals surface area contributed by atoms with Crippen molar-refractivity contribution in [2.24, 2.45) is 5.92 Å². The van der Waals surface area contributed by atoms with E-state index in [1.807, 2.05) is 30.3 Å². The fraction of sp³-hybridized carbons (Fsp3) is 0.667. The molecular weight excluding hydrogens is 435 g/mol. The summed E-state index contributed by atoms with van der Waals surface area (Å²) in [6.07, 6.45) is -0.761. The lowest BCUT2D eigenvalue weighted by Gasteiger charge is -2.54. The van der Waals surface area contributed by atoms with E-state index in [4.69, 9.17) is 0 Å². The van der Waals surface area contributed by atoms with Crippen molar-refractivity contribution in [3.8, 4) is 0 Å². The first-order valence-corrected chi connectivity index (χ1v) is 11.7. The Kier molecular flexibility index (Phi) is 6.73. The van der Waals surface area contributed by atoms with Gasteiger partial charge in [0.2, 0.25) is 11.8 Å². The third-order valence-corrected chi connectivity index (χ3v) is 7.64. The molecule has 2 saturated heterocycles. The number of piperazine rings is 1. The first kappa shape index (κ1) is 24.0. The Morgan fingerprint density at radius 3 is 2.45 bits per heavy atom. The van der Waals surface area contributed by atoms with Gasteiger partial charge in [-0.15, -0.1) is 0 Å². The van der Waals surface area contributed by atoms with E-state index in [1.165, 1.54) is 11.8 Å². The van der Waals surface area contributed by atoms with Crippen LogP contribution in [0.5, 0.6) is 0 Å². The maximum Gasteiger partial charge on any atom is 0.401 e. The fourth-order valence-electron chi connectivity index (χ4n) is 5.99. The molecule has 6 nitrogen and oxygen atoms in total. The number of carbonyl (C=O) groups is 2. The van der Waals surface area contributed by atoms with Crippen LogP contribution in [0.4, 0.5) is 13.2 Å². The molecule has 2 aliphatic heterocycles. The second-order valence-corrected chi connectivity index (χ2v) is 9.60. The molecular formula is C24H32F3N3O3. The molecule has 182 valence electrons. The topological polar surface area (TPSA) is 64.1 Å². The minimum absolute atomic E-state index is 0.00534. The summed E-state index contributed by atoms with van der Waals surface area (Å²) in [5, 5.41) is 11.7. The summed E-state index contributed by atoms with van der Waals surface area (Å²) in [5.41, 5.74) is -0.236. The second kappa shape index (κ2) is 9.25. The standard InChI is InChI=1S/C24H32F3N3O3/c1-17(31)28-13-14-29(16-24(25,26)27)21(15-28)22(32)30-12-11-23(33,18-7-3-2-4-8-18)19-9-5-6-10-20(19)30/h2-4,7-8,19-21,33H,5-6,9-16H2,1H3/t19-,20+,21?,23?/m0/s1. The van der Waals surface area contributed by atoms with Gasteiger partial charge in [-0.3, -0.25) is 14.5 Å². The van der Waals surface area contributed by atoms with Crippen LogP contribution in [0, 0.1) is 5.92 Å². The number of fused-ring (bicyclic) bond motifs is 1. The van der Waals surface area contributed by atoms with Crippen LogP contribution in [0.2, 0.25) is 0 Å². The van der Waals surface area contributed by atoms with Crippen LogP contribution < -0.4 is 0 Å². The van der Waals surface area contributed by atoms with Crippen molar-refractivity contribution in [2.45, 2.75) is 62.9 Å². The minimum atomic E-state index is -4.43. The summed E-state index contributed by atoms with van der Waals surface area (Å²) < 4.78 is 39.8. The van der Waals surface area contributed by atoms with Gasteiger partial charge in [0.15, 0.2) is 0 Å². The average Bonchev–Trinajstić information content (AvgIpc) is 2.79. The lowest BCUT2D eigenvalue weighted by atomic mass is 9.66. The van der Waals surface area contributed by atoms with Crippen molar-refractivity contribution >= 4 is 11.8 Å². The number of amides is 2. The number of benzene rings is 1. The second-order valence-electron chi connectivity index (χ2n) is 9.60. The number of hydrogen-bond donors (Lipinski definition) is 1. The normalized spacial score (nSPS) is 31.2. The molecule has 4 rings (SSSR count). The van der Waals surface area contributed by atoms with Gasteiger partial charge >= 0.3 is 6.18 Å². The van der Waals surface area contributed by atoms with E-state index in [9.17, 15) is 27.9 Å². The average molecular weight is 468 g/mol. The van der Waals surface area contributed by atoms with Gasteiger partial charge in [0, 0.05) is 45.1 Å². The first-order valence-electron chi connectivity index (χ1n) is 11.7. The van der Waals surface area contributed by atoms with E-state index in [0.29, 0.717) is 12.8 Å². The molecule has 0 aromatic heterocycles. The molecule has 2 unspecified atom stereocenters. The number of aliphatic hydroxyl groups is 1. The van der Waals surface area contributed by atoms with Crippen LogP contribution in [0.25, 0.3) is 0 Å². The Morgan fingerprint density at radius 2 is 1.79 bits per heavy atom. The summed E-state index contributed by atoms with van der Waals surface area (Å²) in [5.74, 6) is -0.778. The highest BCUT2D eigenvalue weighted by atomic mass is 19.4. The summed E-state index contributed by atoms with van der Waals surface area (Å²) in [6.45, 7) is 0.618. The molecule has 1 aliphatic carbocycles. The molecule has 3 fully saturated rings. The molecule has 33 heavy (non-hydrogen) atoms. The molecule has 0 radical (unpaired) electrons. The summed E-state index contributed by atoms with van der Waals surface area (Å²) >= 11 is 0. The minimum Gasteiger partial charge on any atom is -0.385 e. The Balaban J connectivity index is 1.60. The number of piperidine rings is 1. The van der Waals surface area contributed by atoms with Gasteiger partial charge in [-0.1, -0.05) is 43.2 Å². The van der Waals surface area contributed by atoms with Crippen LogP contribution in [0.1, 0.15) is 44.6 Å². The zero-order valence-corrected chi connectivity index (χ0v) is 18.9. The van der Waals surface area contributed by atoms with Crippen LogP contribution in [0.15, 0.2) is 30.3 Å². The summed E-state index contributed by atoms with van der Waals surface area (Å²) in [6, 6.07) is 8.20. The highest BCUT2D eigenvalue weighted by molar-refractivity contribution is 5.84. The number of likely N-dealkylation sites (tertiary alicyclic amines) is 1. The maximum atomic E-state index is 13.7. The first-order chi connectivity index (χ1) is 15.6. The monoisotopic (exact) mass is 467 g/mol. The summed E-state index contributed by atoms with van der Waals surface area (Å²) in [4.78, 5) is 30.0. The van der Waals surface area contributed by atoms with E-state index in [2.05, 4.69) is 0 Å². The molecule has 4 atom stereocenters. The highest BCUT2D eigenvalue weighted by Crippen LogP contribution is 2.47. The Morgan fingerprint density at radius 1 is 1.09 bits per heavy atom. The lowest BCUT2D eigenvalue weighted by molar-refractivity contribution is -0.174. The number of nitrogens with zero attached hydrogens (tertiary/aromatic N) is 3. The molecule has 0 bridgehead atoms. The van der Waals surface area contributed by atoms with E-state index >= 15 is 0 Å². The number of halogens is 3. The van der Waals surface area contributed by atoms with Crippen molar-refractivity contribution in [3.63, 3.8) is 0 Å². The van der Waals surface area contributed by atoms with Crippen molar-refractivity contribution in [1.29, 1.82) is 0 Å². The van der Waals surface area contributed by atoms with Crippen LogP contribution in [-0.4, -0.2) is 82.6 Å². The van der Waals surface area contributed by atoms with Crippen molar-refractivity contribution < 1.29 is 27.9 Å². The largest absolute Gasteiger partial charge is 0.401 e. The molecule has 1 aromatic carbocycles. The zero-order chi connectivity index (χ0) is 23.8. The van der Waals surface area contributed by atoms with Gasteiger partial charge in [0.1, 0.15) is 6.04 Å². The number of carbonyl (C=O) groups excluding carboxylic acids is 2. The molecule has 3 aliphatic rings. The third kappa shape index (κ3) is 4.89. The van der Waals surface area contributed by atoms with E-state index < -0.39 is 24.4 Å². The van der Waals surface area contributed by atoms with Crippen molar-refractivity contribution in [3.05, 3.63) is 35.9 Å². The van der Waals surface area contributed by atoms with E-state index in [-0.39, 0.29) is 50.0 Å². The number of rotatable bonds is 3. The SMILES string of the molecule is CC(=O)N1CCN(CC(F)(F)F)C(C(=O)N2CCC(O)(c3ccccc3)[C@H]3CCCC[C@H]32)C1. The van der Waals surface area contributed by atoms with Crippen LogP contribution >= 0.6 is 0 Å². The number of alkyl halides is 3. The fourth-order valence-corrected chi connectivity index (χ4v) is 5.99. The summed E-state index contributed by atoms with van der Waals surface area (Å²) in [7, 11) is 0. The molecule has 1 aromatic rings. The van der Waals surface area contributed by atoms with Gasteiger partial charge < -0.3 is 14.9 Å². The molecule has 2 heterocycles. The third-order valence-electron chi connectivity index (χ3n) is 7.64. The molecule has 1 N–H and O–H groups in total. The van der Waals surface area contributed by atoms with E-state index in [1.54, 1.807) is 4.90 Å². The van der Waals surface area contributed by atoms with E-state index in [0.717, 1.165) is 29.7 Å². The van der Waals surface area contributed by atoms with Gasteiger partial charge in [-0.05, 0) is 24.8 Å². The smallest absolute Gasteiger partial charge is 0.385 e. The Bertz CT molecular complexity index is 866. The highest BCUT2D eigenvalue weighted by Gasteiger charge is 2.52. The van der Waals surface area contributed by atoms with Gasteiger partial charge in [-0.2, -0.15) is 13.2 Å². The van der Waals surface area contributed by atoms with Gasteiger partial charge in [0.25, 0.3) is 0 Å². The molecule has 2 amide bonds. The molecule has 9 heteroatoms. The predicted molar refractivity (Wildman–Crippen MR) is 116 cm³/mol. The molecule has 1 saturated carbocycles. The quantitative estimate of drug-likeness (QED) is 0.743. The van der Waals surface area contributed by atoms with Crippen LogP contribution in [0.3, 0.4) is 0 Å². The zero-order valence-electron chi connectivity index (χ0n) is 18.9. The van der Waals surface area contributed by atoms with Gasteiger partial charge in [0.05, 0.1) is 12.1 Å². The number of hydrogen-bond acceptors (Lipinski definition) is 4. The van der Waals surface area contributed by atoms with Crippen molar-refractivity contribution in [1.82, 2.24) is 14.7 Å². The van der Waals surface area contributed by atoms with Crippen molar-refractivity contribution in [2.75, 3.05) is 32.7 Å².